The summed E-state index contributed by atoms with van der Waals surface area (Å²) in [6, 6.07) is 8.54. The zero-order chi connectivity index (χ0) is 20.0. The molecule has 0 fully saturated rings. The summed E-state index contributed by atoms with van der Waals surface area (Å²) in [5.74, 6) is -0.185. The quantitative estimate of drug-likeness (QED) is 0.653. The number of rotatable bonds is 3. The van der Waals surface area contributed by atoms with Crippen LogP contribution in [0.1, 0.15) is 28.7 Å². The van der Waals surface area contributed by atoms with Gasteiger partial charge in [-0.15, -0.1) is 0 Å². The van der Waals surface area contributed by atoms with Crippen molar-refractivity contribution >= 4 is 29.1 Å². The Bertz CT molecular complexity index is 1140. The molecular formula is C20H18Cl2N4O2. The van der Waals surface area contributed by atoms with Crippen LogP contribution in [-0.4, -0.2) is 31.0 Å². The highest BCUT2D eigenvalue weighted by molar-refractivity contribution is 6.42. The van der Waals surface area contributed by atoms with Gasteiger partial charge in [0.2, 0.25) is 0 Å². The highest BCUT2D eigenvalue weighted by atomic mass is 35.5. The van der Waals surface area contributed by atoms with E-state index in [-0.39, 0.29) is 17.5 Å². The Morgan fingerprint density at radius 3 is 2.61 bits per heavy atom. The minimum absolute atomic E-state index is 0.146. The largest absolute Gasteiger partial charge is 0.329 e. The fourth-order valence-corrected chi connectivity index (χ4v) is 3.78. The molecule has 1 aromatic carbocycles. The molecule has 1 aliphatic heterocycles. The number of nitrogens with zero attached hydrogens (tertiary/aromatic N) is 4. The third-order valence-corrected chi connectivity index (χ3v) is 5.68. The van der Waals surface area contributed by atoms with Gasteiger partial charge in [-0.05, 0) is 43.7 Å². The molecule has 0 aliphatic carbocycles. The molecule has 0 saturated carbocycles. The second-order valence-corrected chi connectivity index (χ2v) is 7.79. The lowest BCUT2D eigenvalue weighted by Crippen LogP contribution is -2.49. The fraction of sp³-hybridized carbons (Fsp3) is 0.250. The molecular weight excluding hydrogens is 399 g/mol. The summed E-state index contributed by atoms with van der Waals surface area (Å²) in [6.07, 6.45) is 3.39. The number of pyridine rings is 1. The van der Waals surface area contributed by atoms with E-state index in [2.05, 4.69) is 4.98 Å². The molecule has 0 bridgehead atoms. The first-order valence-corrected chi connectivity index (χ1v) is 9.60. The van der Waals surface area contributed by atoms with Crippen molar-refractivity contribution in [2.75, 3.05) is 0 Å². The maximum Gasteiger partial charge on any atom is 0.275 e. The highest BCUT2D eigenvalue weighted by Gasteiger charge is 2.31. The van der Waals surface area contributed by atoms with Crippen molar-refractivity contribution in [2.45, 2.75) is 33.0 Å². The van der Waals surface area contributed by atoms with Gasteiger partial charge < -0.3 is 14.0 Å². The molecule has 28 heavy (non-hydrogen) atoms. The molecule has 3 aromatic rings. The number of carbonyl (C=O) groups is 1. The molecule has 8 heteroatoms. The average molecular weight is 417 g/mol. The van der Waals surface area contributed by atoms with E-state index in [4.69, 9.17) is 23.2 Å². The first kappa shape index (κ1) is 18.8. The van der Waals surface area contributed by atoms with Crippen LogP contribution in [0.25, 0.3) is 5.69 Å². The number of fused-ring (bicyclic) bond motifs is 1. The van der Waals surface area contributed by atoms with Crippen molar-refractivity contribution in [1.82, 2.24) is 19.0 Å². The zero-order valence-corrected chi connectivity index (χ0v) is 16.9. The van der Waals surface area contributed by atoms with Crippen LogP contribution < -0.4 is 5.56 Å². The van der Waals surface area contributed by atoms with Gasteiger partial charge in [0, 0.05) is 25.3 Å². The Labute approximate surface area is 171 Å². The number of hydrogen-bond donors (Lipinski definition) is 0. The minimum atomic E-state index is -0.204. The van der Waals surface area contributed by atoms with Gasteiger partial charge in [-0.1, -0.05) is 29.3 Å². The van der Waals surface area contributed by atoms with E-state index in [1.54, 1.807) is 50.8 Å². The summed E-state index contributed by atoms with van der Waals surface area (Å²) >= 11 is 12.1. The maximum absolute atomic E-state index is 13.1. The van der Waals surface area contributed by atoms with Crippen LogP contribution in [-0.2, 0) is 13.1 Å². The number of hydrogen-bond acceptors (Lipinski definition) is 3. The summed E-state index contributed by atoms with van der Waals surface area (Å²) in [7, 11) is 0. The molecule has 144 valence electrons. The normalized spacial score (nSPS) is 16.4. The van der Waals surface area contributed by atoms with Crippen LogP contribution in [0.3, 0.4) is 0 Å². The molecule has 1 atom stereocenters. The van der Waals surface area contributed by atoms with E-state index < -0.39 is 0 Å². The number of aromatic nitrogens is 3. The van der Waals surface area contributed by atoms with Crippen LogP contribution in [0.2, 0.25) is 10.0 Å². The van der Waals surface area contributed by atoms with Crippen molar-refractivity contribution in [1.29, 1.82) is 0 Å². The smallest absolute Gasteiger partial charge is 0.275 e. The monoisotopic (exact) mass is 416 g/mol. The van der Waals surface area contributed by atoms with Gasteiger partial charge in [-0.2, -0.15) is 0 Å². The Balaban J connectivity index is 1.68. The first-order chi connectivity index (χ1) is 13.3. The Morgan fingerprint density at radius 1 is 1.14 bits per heavy atom. The van der Waals surface area contributed by atoms with Gasteiger partial charge in [0.1, 0.15) is 11.4 Å². The van der Waals surface area contributed by atoms with E-state index in [1.165, 1.54) is 0 Å². The molecule has 1 amide bonds. The van der Waals surface area contributed by atoms with Gasteiger partial charge in [0.05, 0.1) is 22.1 Å². The standard InChI is InChI=1S/C20H18Cl2N4O2/c1-12-8-24(11-23-12)17-5-6-18-20(28)25(13(2)9-26(18)19(17)27)10-14-3-4-15(21)16(22)7-14/h3-8,11,13H,9-10H2,1-2H3. The SMILES string of the molecule is Cc1cn(-c2ccc3n(c2=O)CC(C)N(Cc2ccc(Cl)c(Cl)c2)C3=O)cn1. The first-order valence-electron chi connectivity index (χ1n) is 8.85. The lowest BCUT2D eigenvalue weighted by molar-refractivity contribution is 0.0590. The maximum atomic E-state index is 13.1. The predicted molar refractivity (Wildman–Crippen MR) is 108 cm³/mol. The second kappa shape index (κ2) is 7.11. The molecule has 1 unspecified atom stereocenters. The van der Waals surface area contributed by atoms with Crippen molar-refractivity contribution in [3.05, 3.63) is 80.2 Å². The van der Waals surface area contributed by atoms with Crippen molar-refractivity contribution in [2.24, 2.45) is 0 Å². The summed E-state index contributed by atoms with van der Waals surface area (Å²) in [5, 5.41) is 0.927. The fourth-order valence-electron chi connectivity index (χ4n) is 3.46. The minimum Gasteiger partial charge on any atom is -0.329 e. The van der Waals surface area contributed by atoms with Gasteiger partial charge in [-0.25, -0.2) is 4.98 Å². The number of aryl methyl sites for hydroxylation is 1. The third-order valence-electron chi connectivity index (χ3n) is 4.94. The number of amides is 1. The van der Waals surface area contributed by atoms with E-state index in [0.717, 1.165) is 11.3 Å². The molecule has 6 nitrogen and oxygen atoms in total. The number of benzene rings is 1. The van der Waals surface area contributed by atoms with Crippen molar-refractivity contribution in [3.8, 4) is 5.69 Å². The van der Waals surface area contributed by atoms with E-state index in [0.29, 0.717) is 34.5 Å². The zero-order valence-electron chi connectivity index (χ0n) is 15.4. The molecule has 4 rings (SSSR count). The lowest BCUT2D eigenvalue weighted by atomic mass is 10.1. The highest BCUT2D eigenvalue weighted by Crippen LogP contribution is 2.25. The molecule has 0 radical (unpaired) electrons. The van der Waals surface area contributed by atoms with Gasteiger partial charge in [-0.3, -0.25) is 9.59 Å². The molecule has 1 aliphatic rings. The Kier molecular flexibility index (Phi) is 4.77. The Hall–Kier alpha value is -2.57. The van der Waals surface area contributed by atoms with Gasteiger partial charge >= 0.3 is 0 Å². The summed E-state index contributed by atoms with van der Waals surface area (Å²) in [6.45, 7) is 4.61. The van der Waals surface area contributed by atoms with Crippen LogP contribution in [0, 0.1) is 6.92 Å². The molecule has 0 N–H and O–H groups in total. The molecule has 2 aromatic heterocycles. The number of carbonyl (C=O) groups excluding carboxylic acids is 1. The van der Waals surface area contributed by atoms with Crippen LogP contribution >= 0.6 is 23.2 Å². The molecule has 0 saturated heterocycles. The number of halogens is 2. The van der Waals surface area contributed by atoms with Crippen LogP contribution in [0.15, 0.2) is 47.7 Å². The third kappa shape index (κ3) is 3.23. The molecule has 3 heterocycles. The Morgan fingerprint density at radius 2 is 1.93 bits per heavy atom. The van der Waals surface area contributed by atoms with E-state index >= 15 is 0 Å². The second-order valence-electron chi connectivity index (χ2n) is 6.97. The lowest BCUT2D eigenvalue weighted by Gasteiger charge is -2.35. The average Bonchev–Trinajstić information content (AvgIpc) is 3.08. The summed E-state index contributed by atoms with van der Waals surface area (Å²) in [4.78, 5) is 32.0. The van der Waals surface area contributed by atoms with Crippen molar-refractivity contribution < 1.29 is 4.79 Å². The van der Waals surface area contributed by atoms with E-state index in [1.807, 2.05) is 19.9 Å². The van der Waals surface area contributed by atoms with Crippen molar-refractivity contribution in [3.63, 3.8) is 0 Å². The molecule has 0 spiro atoms. The predicted octanol–water partition coefficient (Wildman–Crippen LogP) is 3.69. The summed E-state index contributed by atoms with van der Waals surface area (Å²) in [5.41, 5.74) is 2.35. The topological polar surface area (TPSA) is 60.1 Å². The van der Waals surface area contributed by atoms with Gasteiger partial charge in [0.25, 0.3) is 11.5 Å². The summed E-state index contributed by atoms with van der Waals surface area (Å²) < 4.78 is 3.23. The number of imidazole rings is 1. The van der Waals surface area contributed by atoms with Crippen LogP contribution in [0.4, 0.5) is 0 Å². The van der Waals surface area contributed by atoms with E-state index in [9.17, 15) is 9.59 Å². The van der Waals surface area contributed by atoms with Crippen LogP contribution in [0.5, 0.6) is 0 Å². The van der Waals surface area contributed by atoms with Gasteiger partial charge in [0.15, 0.2) is 0 Å².